The number of anilines is 1. The standard InChI is InChI=1S/C18H20N2O3S/c1-23-17(22)13-10-8-12(9-11-13)16(21)20-18-19-14-6-4-2-3-5-7-15(14)24-18/h8-11H,2-7H2,1H3,(H,19,20,21). The van der Waals surface area contributed by atoms with E-state index >= 15 is 0 Å². The number of hydrogen-bond acceptors (Lipinski definition) is 5. The molecule has 0 unspecified atom stereocenters. The monoisotopic (exact) mass is 344 g/mol. The molecule has 0 spiro atoms. The van der Waals surface area contributed by atoms with E-state index in [2.05, 4.69) is 15.0 Å². The first-order chi connectivity index (χ1) is 11.7. The number of methoxy groups -OCH3 is 1. The van der Waals surface area contributed by atoms with Crippen molar-refractivity contribution in [2.24, 2.45) is 0 Å². The van der Waals surface area contributed by atoms with Gasteiger partial charge in [-0.1, -0.05) is 12.8 Å². The molecule has 0 fully saturated rings. The topological polar surface area (TPSA) is 68.3 Å². The summed E-state index contributed by atoms with van der Waals surface area (Å²) in [7, 11) is 1.33. The summed E-state index contributed by atoms with van der Waals surface area (Å²) in [4.78, 5) is 29.7. The minimum Gasteiger partial charge on any atom is -0.465 e. The molecule has 0 saturated heterocycles. The van der Waals surface area contributed by atoms with Gasteiger partial charge < -0.3 is 4.74 Å². The maximum atomic E-state index is 12.4. The van der Waals surface area contributed by atoms with Crippen molar-refractivity contribution in [3.05, 3.63) is 46.0 Å². The summed E-state index contributed by atoms with van der Waals surface area (Å²) in [5, 5.41) is 3.53. The molecular weight excluding hydrogens is 324 g/mol. The van der Waals surface area contributed by atoms with Crippen LogP contribution in [0.1, 0.15) is 57.0 Å². The van der Waals surface area contributed by atoms with Crippen molar-refractivity contribution in [3.8, 4) is 0 Å². The zero-order chi connectivity index (χ0) is 16.9. The number of nitrogens with one attached hydrogen (secondary N) is 1. The highest BCUT2D eigenvalue weighted by Crippen LogP contribution is 2.28. The maximum Gasteiger partial charge on any atom is 0.337 e. The van der Waals surface area contributed by atoms with Crippen molar-refractivity contribution in [3.63, 3.8) is 0 Å². The smallest absolute Gasteiger partial charge is 0.337 e. The second-order valence-electron chi connectivity index (χ2n) is 5.83. The Morgan fingerprint density at radius 3 is 2.42 bits per heavy atom. The van der Waals surface area contributed by atoms with E-state index in [4.69, 9.17) is 0 Å². The van der Waals surface area contributed by atoms with Gasteiger partial charge in [0.05, 0.1) is 18.4 Å². The van der Waals surface area contributed by atoms with Gasteiger partial charge in [0, 0.05) is 10.4 Å². The van der Waals surface area contributed by atoms with Gasteiger partial charge in [0.25, 0.3) is 5.91 Å². The van der Waals surface area contributed by atoms with Crippen LogP contribution in [0.25, 0.3) is 0 Å². The summed E-state index contributed by atoms with van der Waals surface area (Å²) >= 11 is 1.58. The fourth-order valence-corrected chi connectivity index (χ4v) is 3.85. The van der Waals surface area contributed by atoms with Crippen LogP contribution < -0.4 is 5.32 Å². The van der Waals surface area contributed by atoms with Gasteiger partial charge in [-0.3, -0.25) is 10.1 Å². The minimum absolute atomic E-state index is 0.215. The Kier molecular flexibility index (Phi) is 5.25. The summed E-state index contributed by atoms with van der Waals surface area (Å²) in [6.45, 7) is 0. The Hall–Kier alpha value is -2.21. The number of carbonyl (C=O) groups excluding carboxylic acids is 2. The summed E-state index contributed by atoms with van der Waals surface area (Å²) in [6, 6.07) is 6.40. The molecule has 0 bridgehead atoms. The Morgan fingerprint density at radius 2 is 1.71 bits per heavy atom. The lowest BCUT2D eigenvalue weighted by Gasteiger charge is -2.06. The number of amides is 1. The van der Waals surface area contributed by atoms with Crippen LogP contribution in [0.4, 0.5) is 5.13 Å². The molecule has 0 aliphatic heterocycles. The van der Waals surface area contributed by atoms with Crippen LogP contribution in [0.3, 0.4) is 0 Å². The Morgan fingerprint density at radius 1 is 1.04 bits per heavy atom. The largest absolute Gasteiger partial charge is 0.465 e. The molecule has 1 aromatic heterocycles. The van der Waals surface area contributed by atoms with Gasteiger partial charge >= 0.3 is 5.97 Å². The number of nitrogens with zero attached hydrogens (tertiary/aromatic N) is 1. The molecule has 24 heavy (non-hydrogen) atoms. The van der Waals surface area contributed by atoms with Crippen LogP contribution in [-0.4, -0.2) is 24.0 Å². The van der Waals surface area contributed by atoms with E-state index in [-0.39, 0.29) is 5.91 Å². The normalized spacial score (nSPS) is 14.2. The fourth-order valence-electron chi connectivity index (χ4n) is 2.80. The van der Waals surface area contributed by atoms with Crippen LogP contribution >= 0.6 is 11.3 Å². The van der Waals surface area contributed by atoms with E-state index in [1.165, 1.54) is 37.7 Å². The van der Waals surface area contributed by atoms with Gasteiger partial charge in [-0.15, -0.1) is 11.3 Å². The summed E-state index contributed by atoms with van der Waals surface area (Å²) < 4.78 is 4.65. The van der Waals surface area contributed by atoms with Crippen molar-refractivity contribution in [2.45, 2.75) is 38.5 Å². The number of fused-ring (bicyclic) bond motifs is 1. The van der Waals surface area contributed by atoms with E-state index in [0.717, 1.165) is 18.5 Å². The summed E-state index contributed by atoms with van der Waals surface area (Å²) in [5.41, 5.74) is 2.05. The SMILES string of the molecule is COC(=O)c1ccc(C(=O)Nc2nc3c(s2)CCCCCC3)cc1. The zero-order valence-corrected chi connectivity index (χ0v) is 14.4. The van der Waals surface area contributed by atoms with Crippen LogP contribution in [0.2, 0.25) is 0 Å². The Balaban J connectivity index is 1.70. The number of aryl methyl sites for hydroxylation is 2. The van der Waals surface area contributed by atoms with Crippen molar-refractivity contribution < 1.29 is 14.3 Å². The van der Waals surface area contributed by atoms with Gasteiger partial charge in [0.2, 0.25) is 0 Å². The highest BCUT2D eigenvalue weighted by molar-refractivity contribution is 7.15. The predicted octanol–water partition coefficient (Wildman–Crippen LogP) is 3.84. The zero-order valence-electron chi connectivity index (χ0n) is 13.6. The van der Waals surface area contributed by atoms with Gasteiger partial charge in [0.1, 0.15) is 0 Å². The Bertz CT molecular complexity index is 712. The molecule has 0 radical (unpaired) electrons. The van der Waals surface area contributed by atoms with E-state index in [0.29, 0.717) is 16.3 Å². The average Bonchev–Trinajstić information content (AvgIpc) is 2.95. The van der Waals surface area contributed by atoms with Crippen LogP contribution in [0, 0.1) is 0 Å². The number of hydrogen-bond donors (Lipinski definition) is 1. The molecule has 1 aromatic carbocycles. The molecule has 1 aliphatic rings. The van der Waals surface area contributed by atoms with Crippen LogP contribution in [0.5, 0.6) is 0 Å². The first-order valence-corrected chi connectivity index (χ1v) is 8.97. The lowest BCUT2D eigenvalue weighted by Crippen LogP contribution is -2.12. The van der Waals surface area contributed by atoms with Crippen molar-refractivity contribution in [1.29, 1.82) is 0 Å². The quantitative estimate of drug-likeness (QED) is 0.859. The molecular formula is C18H20N2O3S. The highest BCUT2D eigenvalue weighted by atomic mass is 32.1. The fraction of sp³-hybridized carbons (Fsp3) is 0.389. The number of ether oxygens (including phenoxy) is 1. The number of esters is 1. The summed E-state index contributed by atoms with van der Waals surface area (Å²) in [6.07, 6.45) is 6.93. The second-order valence-corrected chi connectivity index (χ2v) is 6.91. The number of rotatable bonds is 3. The van der Waals surface area contributed by atoms with Gasteiger partial charge in [0.15, 0.2) is 5.13 Å². The van der Waals surface area contributed by atoms with Crippen LogP contribution in [-0.2, 0) is 17.6 Å². The van der Waals surface area contributed by atoms with Gasteiger partial charge in [-0.2, -0.15) is 0 Å². The average molecular weight is 344 g/mol. The molecule has 0 atom stereocenters. The molecule has 0 saturated carbocycles. The van der Waals surface area contributed by atoms with Crippen molar-refractivity contribution in [2.75, 3.05) is 12.4 Å². The first-order valence-electron chi connectivity index (χ1n) is 8.15. The molecule has 6 heteroatoms. The van der Waals surface area contributed by atoms with Crippen molar-refractivity contribution in [1.82, 2.24) is 4.98 Å². The molecule has 1 N–H and O–H groups in total. The minimum atomic E-state index is -0.415. The van der Waals surface area contributed by atoms with E-state index in [9.17, 15) is 9.59 Å². The van der Waals surface area contributed by atoms with E-state index in [1.807, 2.05) is 0 Å². The lowest BCUT2D eigenvalue weighted by molar-refractivity contribution is 0.0600. The van der Waals surface area contributed by atoms with E-state index in [1.54, 1.807) is 35.6 Å². The van der Waals surface area contributed by atoms with E-state index < -0.39 is 5.97 Å². The molecule has 5 nitrogen and oxygen atoms in total. The highest BCUT2D eigenvalue weighted by Gasteiger charge is 2.16. The lowest BCUT2D eigenvalue weighted by atomic mass is 10.0. The van der Waals surface area contributed by atoms with Crippen LogP contribution in [0.15, 0.2) is 24.3 Å². The molecule has 2 aromatic rings. The first kappa shape index (κ1) is 16.6. The molecule has 126 valence electrons. The van der Waals surface area contributed by atoms with Gasteiger partial charge in [-0.25, -0.2) is 9.78 Å². The van der Waals surface area contributed by atoms with Crippen molar-refractivity contribution >= 4 is 28.3 Å². The number of aromatic nitrogens is 1. The second kappa shape index (κ2) is 7.57. The number of carbonyl (C=O) groups is 2. The number of benzene rings is 1. The molecule has 1 amide bonds. The van der Waals surface area contributed by atoms with Gasteiger partial charge in [-0.05, 0) is 49.9 Å². The third kappa shape index (κ3) is 3.82. The third-order valence-electron chi connectivity index (χ3n) is 4.13. The summed E-state index contributed by atoms with van der Waals surface area (Å²) in [5.74, 6) is -0.630. The Labute approximate surface area is 145 Å². The third-order valence-corrected chi connectivity index (χ3v) is 5.21. The molecule has 3 rings (SSSR count). The number of thiazole rings is 1. The molecule has 1 heterocycles. The maximum absolute atomic E-state index is 12.4. The molecule has 1 aliphatic carbocycles. The predicted molar refractivity (Wildman–Crippen MR) is 93.7 cm³/mol.